The minimum absolute atomic E-state index is 0.143. The van der Waals surface area contributed by atoms with Crippen LogP contribution in [-0.4, -0.2) is 0 Å². The fourth-order valence-corrected chi connectivity index (χ4v) is 5.46. The summed E-state index contributed by atoms with van der Waals surface area (Å²) in [5, 5.41) is 0. The molecule has 0 radical (unpaired) electrons. The summed E-state index contributed by atoms with van der Waals surface area (Å²) in [5.41, 5.74) is 0.702. The van der Waals surface area contributed by atoms with Crippen LogP contribution in [0.2, 0.25) is 0 Å². The molecule has 0 heterocycles. The molecule has 0 nitrogen and oxygen atoms in total. The highest BCUT2D eigenvalue weighted by Crippen LogP contribution is 2.49. The first-order valence-electron chi connectivity index (χ1n) is 10.5. The first-order valence-corrected chi connectivity index (χ1v) is 10.5. The Balaban J connectivity index is 1.65. The molecule has 0 bridgehead atoms. The van der Waals surface area contributed by atoms with Gasteiger partial charge in [0, 0.05) is 5.56 Å². The van der Waals surface area contributed by atoms with Crippen molar-refractivity contribution in [2.75, 3.05) is 0 Å². The summed E-state index contributed by atoms with van der Waals surface area (Å²) in [7, 11) is 0. The van der Waals surface area contributed by atoms with Crippen molar-refractivity contribution in [1.82, 2.24) is 0 Å². The zero-order chi connectivity index (χ0) is 20.8. The van der Waals surface area contributed by atoms with Crippen molar-refractivity contribution in [3.8, 4) is 11.1 Å². The minimum Gasteiger partial charge on any atom is -0.206 e. The van der Waals surface area contributed by atoms with E-state index in [0.29, 0.717) is 29.9 Å². The zero-order valence-electron chi connectivity index (χ0n) is 16.5. The van der Waals surface area contributed by atoms with Gasteiger partial charge in [-0.2, -0.15) is 13.2 Å². The molecule has 3 atom stereocenters. The van der Waals surface area contributed by atoms with Gasteiger partial charge in [-0.3, -0.25) is 0 Å². The van der Waals surface area contributed by atoms with Gasteiger partial charge in [0.25, 0.3) is 0 Å². The summed E-state index contributed by atoms with van der Waals surface area (Å²) in [4.78, 5) is 0. The van der Waals surface area contributed by atoms with Crippen molar-refractivity contribution >= 4 is 0 Å². The maximum atomic E-state index is 15.3. The lowest BCUT2D eigenvalue weighted by molar-refractivity contribution is -0.139. The van der Waals surface area contributed by atoms with Crippen molar-refractivity contribution < 1.29 is 22.0 Å². The fourth-order valence-electron chi connectivity index (χ4n) is 5.46. The number of hydrogen-bond acceptors (Lipinski definition) is 0. The van der Waals surface area contributed by atoms with Crippen molar-refractivity contribution in [1.29, 1.82) is 0 Å². The normalized spacial score (nSPS) is 24.1. The maximum Gasteiger partial charge on any atom is 0.419 e. The van der Waals surface area contributed by atoms with Gasteiger partial charge in [0.05, 0.1) is 5.56 Å². The second-order valence-electron chi connectivity index (χ2n) is 8.56. The molecule has 0 amide bonds. The molecule has 4 rings (SSSR count). The van der Waals surface area contributed by atoms with Crippen molar-refractivity contribution in [2.24, 2.45) is 11.8 Å². The Labute approximate surface area is 168 Å². The highest BCUT2D eigenvalue weighted by molar-refractivity contribution is 5.67. The van der Waals surface area contributed by atoms with Crippen LogP contribution in [0, 0.1) is 23.5 Å². The molecule has 2 aliphatic carbocycles. The van der Waals surface area contributed by atoms with E-state index in [1.807, 2.05) is 6.07 Å². The van der Waals surface area contributed by atoms with Gasteiger partial charge in [-0.15, -0.1) is 0 Å². The third-order valence-electron chi connectivity index (χ3n) is 6.82. The van der Waals surface area contributed by atoms with E-state index >= 15 is 4.39 Å². The number of benzene rings is 2. The Morgan fingerprint density at radius 2 is 1.79 bits per heavy atom. The zero-order valence-corrected chi connectivity index (χ0v) is 16.5. The Hall–Kier alpha value is -1.91. The summed E-state index contributed by atoms with van der Waals surface area (Å²) in [6, 6.07) is 6.15. The summed E-state index contributed by atoms with van der Waals surface area (Å²) in [6.07, 6.45) is 2.70. The number of halogens is 5. The van der Waals surface area contributed by atoms with Gasteiger partial charge in [-0.1, -0.05) is 38.0 Å². The topological polar surface area (TPSA) is 0 Å². The van der Waals surface area contributed by atoms with Crippen LogP contribution in [-0.2, 0) is 12.6 Å². The predicted molar refractivity (Wildman–Crippen MR) is 104 cm³/mol. The van der Waals surface area contributed by atoms with Crippen LogP contribution in [0.15, 0.2) is 30.3 Å². The van der Waals surface area contributed by atoms with Gasteiger partial charge in [-0.05, 0) is 78.7 Å². The lowest BCUT2D eigenvalue weighted by Crippen LogP contribution is -2.28. The van der Waals surface area contributed by atoms with E-state index in [9.17, 15) is 17.6 Å². The second-order valence-corrected chi connectivity index (χ2v) is 8.56. The molecular weight excluding hydrogens is 383 g/mol. The smallest absolute Gasteiger partial charge is 0.206 e. The van der Waals surface area contributed by atoms with E-state index in [1.54, 1.807) is 6.07 Å². The molecule has 0 aliphatic heterocycles. The van der Waals surface area contributed by atoms with Crippen LogP contribution in [0.3, 0.4) is 0 Å². The molecule has 2 aromatic carbocycles. The predicted octanol–water partition coefficient (Wildman–Crippen LogP) is 7.90. The molecule has 0 unspecified atom stereocenters. The molecule has 1 saturated carbocycles. The van der Waals surface area contributed by atoms with Gasteiger partial charge < -0.3 is 0 Å². The summed E-state index contributed by atoms with van der Waals surface area (Å²) >= 11 is 0. The number of alkyl halides is 3. The standard InChI is InChI=1S/C24H25F5/c1-2-3-14-4-7-17-15(12-14)5-8-20-19(17)10-9-18(23(20)26)16-6-11-21(22(25)13-16)24(27,28)29/h6,9-11,13-15,17H,2-5,7-8,12H2,1H3/t14-,15-,17+/m1/s1. The van der Waals surface area contributed by atoms with Crippen LogP contribution >= 0.6 is 0 Å². The Kier molecular flexibility index (Phi) is 5.43. The van der Waals surface area contributed by atoms with Gasteiger partial charge in [0.2, 0.25) is 0 Å². The van der Waals surface area contributed by atoms with Gasteiger partial charge in [0.15, 0.2) is 0 Å². The average molecular weight is 408 g/mol. The van der Waals surface area contributed by atoms with E-state index < -0.39 is 23.4 Å². The van der Waals surface area contributed by atoms with Gasteiger partial charge in [-0.25, -0.2) is 8.78 Å². The van der Waals surface area contributed by atoms with Crippen LogP contribution < -0.4 is 0 Å². The van der Waals surface area contributed by atoms with Crippen molar-refractivity contribution in [3.05, 3.63) is 58.7 Å². The molecule has 0 N–H and O–H groups in total. The van der Waals surface area contributed by atoms with Gasteiger partial charge in [0.1, 0.15) is 11.6 Å². The molecule has 29 heavy (non-hydrogen) atoms. The van der Waals surface area contributed by atoms with Crippen LogP contribution in [0.1, 0.15) is 68.1 Å². The molecule has 1 fully saturated rings. The first-order chi connectivity index (χ1) is 13.8. The van der Waals surface area contributed by atoms with E-state index in [1.165, 1.54) is 25.7 Å². The Bertz CT molecular complexity index is 899. The SMILES string of the molecule is CCC[C@@H]1CC[C@@H]2c3ccc(-c4ccc(C(F)(F)F)c(F)c4)c(F)c3CC[C@@H]2C1. The summed E-state index contributed by atoms with van der Waals surface area (Å²) < 4.78 is 67.7. The summed E-state index contributed by atoms with van der Waals surface area (Å²) in [5.74, 6) is -0.0689. The molecular formula is C24H25F5. The molecule has 2 aliphatic rings. The molecule has 2 aromatic rings. The lowest BCUT2D eigenvalue weighted by Gasteiger charge is -2.41. The fraction of sp³-hybridized carbons (Fsp3) is 0.500. The van der Waals surface area contributed by atoms with Crippen LogP contribution in [0.5, 0.6) is 0 Å². The van der Waals surface area contributed by atoms with E-state index in [0.717, 1.165) is 36.5 Å². The quantitative estimate of drug-likeness (QED) is 0.453. The molecule has 0 saturated heterocycles. The Morgan fingerprint density at radius 1 is 1.00 bits per heavy atom. The molecule has 0 spiro atoms. The lowest BCUT2D eigenvalue weighted by atomic mass is 9.64. The number of rotatable bonds is 3. The largest absolute Gasteiger partial charge is 0.419 e. The first kappa shape index (κ1) is 20.4. The average Bonchev–Trinajstić information content (AvgIpc) is 2.67. The summed E-state index contributed by atoms with van der Waals surface area (Å²) in [6.45, 7) is 2.21. The highest BCUT2D eigenvalue weighted by Gasteiger charge is 2.37. The maximum absolute atomic E-state index is 15.3. The van der Waals surface area contributed by atoms with Crippen LogP contribution in [0.4, 0.5) is 22.0 Å². The van der Waals surface area contributed by atoms with Crippen molar-refractivity contribution in [2.45, 2.75) is 64.0 Å². The second kappa shape index (κ2) is 7.73. The van der Waals surface area contributed by atoms with E-state index in [-0.39, 0.29) is 11.1 Å². The van der Waals surface area contributed by atoms with E-state index in [2.05, 4.69) is 6.92 Å². The van der Waals surface area contributed by atoms with Crippen molar-refractivity contribution in [3.63, 3.8) is 0 Å². The monoisotopic (exact) mass is 408 g/mol. The van der Waals surface area contributed by atoms with E-state index in [4.69, 9.17) is 0 Å². The minimum atomic E-state index is -4.76. The molecule has 5 heteroatoms. The molecule has 0 aromatic heterocycles. The van der Waals surface area contributed by atoms with Gasteiger partial charge >= 0.3 is 6.18 Å². The number of hydrogen-bond donors (Lipinski definition) is 0. The Morgan fingerprint density at radius 3 is 2.48 bits per heavy atom. The third kappa shape index (κ3) is 3.80. The third-order valence-corrected chi connectivity index (χ3v) is 6.82. The van der Waals surface area contributed by atoms with Crippen LogP contribution in [0.25, 0.3) is 11.1 Å². The highest BCUT2D eigenvalue weighted by atomic mass is 19.4. The number of fused-ring (bicyclic) bond motifs is 3. The molecule has 156 valence electrons.